The lowest BCUT2D eigenvalue weighted by atomic mass is 10.0. The Morgan fingerprint density at radius 2 is 2.21 bits per heavy atom. The molecular formula is C10H12Cl2N2. The van der Waals surface area contributed by atoms with Gasteiger partial charge in [-0.25, -0.2) is 0 Å². The van der Waals surface area contributed by atoms with Gasteiger partial charge in [0.05, 0.1) is 10.6 Å². The number of rotatable bonds is 2. The second-order valence-electron chi connectivity index (χ2n) is 2.87. The highest BCUT2D eigenvalue weighted by molar-refractivity contribution is 6.31. The zero-order valence-electron chi connectivity index (χ0n) is 7.83. The van der Waals surface area contributed by atoms with Gasteiger partial charge in [0.1, 0.15) is 6.07 Å². The van der Waals surface area contributed by atoms with Gasteiger partial charge in [-0.3, -0.25) is 0 Å². The maximum absolute atomic E-state index is 8.64. The van der Waals surface area contributed by atoms with Crippen LogP contribution in [0.15, 0.2) is 18.2 Å². The number of hydrogen-bond donors (Lipinski definition) is 1. The number of hydrogen-bond acceptors (Lipinski definition) is 2. The Balaban J connectivity index is 0.00000169. The lowest BCUT2D eigenvalue weighted by Crippen LogP contribution is -2.08. The van der Waals surface area contributed by atoms with Crippen LogP contribution in [-0.2, 0) is 0 Å². The number of halogens is 2. The first kappa shape index (κ1) is 13.2. The van der Waals surface area contributed by atoms with Crippen molar-refractivity contribution >= 4 is 24.0 Å². The molecule has 0 bridgehead atoms. The second kappa shape index (κ2) is 5.87. The Labute approximate surface area is 95.1 Å². The highest BCUT2D eigenvalue weighted by Gasteiger charge is 2.05. The van der Waals surface area contributed by atoms with Gasteiger partial charge in [-0.05, 0) is 24.1 Å². The molecule has 0 radical (unpaired) electrons. The van der Waals surface area contributed by atoms with Crippen LogP contribution in [0.1, 0.15) is 30.5 Å². The number of nitrogens with zero attached hydrogens (tertiary/aromatic N) is 1. The fourth-order valence-electron chi connectivity index (χ4n) is 1.09. The third-order valence-corrected chi connectivity index (χ3v) is 2.29. The summed E-state index contributed by atoms with van der Waals surface area (Å²) in [5, 5.41) is 9.12. The Hall–Kier alpha value is -0.750. The first-order chi connectivity index (χ1) is 6.19. The van der Waals surface area contributed by atoms with Crippen LogP contribution in [0.3, 0.4) is 0 Å². The molecule has 1 rings (SSSR count). The van der Waals surface area contributed by atoms with Crippen molar-refractivity contribution in [2.45, 2.75) is 19.4 Å². The van der Waals surface area contributed by atoms with Crippen LogP contribution < -0.4 is 5.73 Å². The maximum Gasteiger partial charge on any atom is 0.101 e. The molecule has 1 atom stereocenters. The molecule has 0 aromatic heterocycles. The second-order valence-corrected chi connectivity index (χ2v) is 3.27. The molecule has 0 spiro atoms. The Kier molecular flexibility index (Phi) is 5.56. The summed E-state index contributed by atoms with van der Waals surface area (Å²) >= 11 is 5.85. The Morgan fingerprint density at radius 3 is 2.64 bits per heavy atom. The quantitative estimate of drug-likeness (QED) is 0.850. The summed E-state index contributed by atoms with van der Waals surface area (Å²) in [6.45, 7) is 2.01. The van der Waals surface area contributed by atoms with Gasteiger partial charge in [-0.2, -0.15) is 5.26 Å². The normalized spacial score (nSPS) is 11.3. The summed E-state index contributed by atoms with van der Waals surface area (Å²) < 4.78 is 0. The van der Waals surface area contributed by atoms with Crippen LogP contribution >= 0.6 is 24.0 Å². The van der Waals surface area contributed by atoms with E-state index in [0.717, 1.165) is 12.0 Å². The van der Waals surface area contributed by atoms with Crippen molar-refractivity contribution in [1.29, 1.82) is 5.26 Å². The van der Waals surface area contributed by atoms with E-state index in [2.05, 4.69) is 0 Å². The van der Waals surface area contributed by atoms with Crippen LogP contribution in [0.5, 0.6) is 0 Å². The predicted molar refractivity (Wildman–Crippen MR) is 60.6 cm³/mol. The minimum Gasteiger partial charge on any atom is -0.324 e. The van der Waals surface area contributed by atoms with Crippen LogP contribution in [0, 0.1) is 11.3 Å². The largest absolute Gasteiger partial charge is 0.324 e. The zero-order valence-corrected chi connectivity index (χ0v) is 9.40. The standard InChI is InChI=1S/C10H11ClN2.ClH/c1-2-10(13)7-3-4-8(6-12)9(11)5-7;/h3-5,10H,2,13H2,1H3;1H/t10-;/m1./s1. The molecule has 1 aromatic rings. The van der Waals surface area contributed by atoms with E-state index in [0.29, 0.717) is 10.6 Å². The van der Waals surface area contributed by atoms with Gasteiger partial charge in [0, 0.05) is 6.04 Å². The first-order valence-corrected chi connectivity index (χ1v) is 4.52. The van der Waals surface area contributed by atoms with Crippen molar-refractivity contribution in [1.82, 2.24) is 0 Å². The number of nitrogens with two attached hydrogens (primary N) is 1. The van der Waals surface area contributed by atoms with Gasteiger partial charge in [0.2, 0.25) is 0 Å². The van der Waals surface area contributed by atoms with Crippen molar-refractivity contribution in [2.75, 3.05) is 0 Å². The summed E-state index contributed by atoms with van der Waals surface area (Å²) in [4.78, 5) is 0. The smallest absolute Gasteiger partial charge is 0.101 e. The third-order valence-electron chi connectivity index (χ3n) is 1.98. The molecule has 0 aliphatic rings. The molecule has 4 heteroatoms. The number of benzene rings is 1. The van der Waals surface area contributed by atoms with E-state index in [9.17, 15) is 0 Å². The molecule has 2 nitrogen and oxygen atoms in total. The molecule has 2 N–H and O–H groups in total. The summed E-state index contributed by atoms with van der Waals surface area (Å²) in [5.41, 5.74) is 7.29. The molecular weight excluding hydrogens is 219 g/mol. The molecule has 0 aliphatic carbocycles. The molecule has 0 amide bonds. The van der Waals surface area contributed by atoms with E-state index >= 15 is 0 Å². The first-order valence-electron chi connectivity index (χ1n) is 4.14. The number of nitriles is 1. The minimum atomic E-state index is 0. The minimum absolute atomic E-state index is 0. The highest BCUT2D eigenvalue weighted by Crippen LogP contribution is 2.21. The zero-order chi connectivity index (χ0) is 9.84. The molecule has 1 aromatic carbocycles. The summed E-state index contributed by atoms with van der Waals surface area (Å²) in [5.74, 6) is 0. The summed E-state index contributed by atoms with van der Waals surface area (Å²) in [6.07, 6.45) is 0.863. The SMILES string of the molecule is CC[C@@H](N)c1ccc(C#N)c(Cl)c1.Cl. The predicted octanol–water partition coefficient (Wildman–Crippen LogP) is 3.04. The average Bonchev–Trinajstić information content (AvgIpc) is 2.16. The molecule has 76 valence electrons. The fourth-order valence-corrected chi connectivity index (χ4v) is 1.32. The lowest BCUT2D eigenvalue weighted by Gasteiger charge is -2.09. The van der Waals surface area contributed by atoms with Crippen molar-refractivity contribution < 1.29 is 0 Å². The van der Waals surface area contributed by atoms with E-state index in [1.54, 1.807) is 12.1 Å². The molecule has 0 aliphatic heterocycles. The molecule has 0 unspecified atom stereocenters. The van der Waals surface area contributed by atoms with Gasteiger partial charge >= 0.3 is 0 Å². The topological polar surface area (TPSA) is 49.8 Å². The van der Waals surface area contributed by atoms with Crippen molar-refractivity contribution in [3.63, 3.8) is 0 Å². The highest BCUT2D eigenvalue weighted by atomic mass is 35.5. The van der Waals surface area contributed by atoms with Crippen LogP contribution in [0.4, 0.5) is 0 Å². The lowest BCUT2D eigenvalue weighted by molar-refractivity contribution is 0.699. The van der Waals surface area contributed by atoms with E-state index in [-0.39, 0.29) is 18.4 Å². The van der Waals surface area contributed by atoms with E-state index in [4.69, 9.17) is 22.6 Å². The molecule has 0 heterocycles. The van der Waals surface area contributed by atoms with E-state index in [1.165, 1.54) is 0 Å². The van der Waals surface area contributed by atoms with Gasteiger partial charge in [-0.15, -0.1) is 12.4 Å². The van der Waals surface area contributed by atoms with Crippen molar-refractivity contribution in [3.8, 4) is 6.07 Å². The molecule has 0 fully saturated rings. The summed E-state index contributed by atoms with van der Waals surface area (Å²) in [7, 11) is 0. The van der Waals surface area contributed by atoms with E-state index in [1.807, 2.05) is 19.1 Å². The van der Waals surface area contributed by atoms with Crippen molar-refractivity contribution in [3.05, 3.63) is 34.3 Å². The van der Waals surface area contributed by atoms with Crippen LogP contribution in [-0.4, -0.2) is 0 Å². The van der Waals surface area contributed by atoms with Crippen LogP contribution in [0.25, 0.3) is 0 Å². The monoisotopic (exact) mass is 230 g/mol. The maximum atomic E-state index is 8.64. The van der Waals surface area contributed by atoms with Crippen LogP contribution in [0.2, 0.25) is 5.02 Å². The Morgan fingerprint density at radius 1 is 1.57 bits per heavy atom. The fraction of sp³-hybridized carbons (Fsp3) is 0.300. The molecule has 0 saturated heterocycles. The van der Waals surface area contributed by atoms with Gasteiger partial charge < -0.3 is 5.73 Å². The molecule has 14 heavy (non-hydrogen) atoms. The summed E-state index contributed by atoms with van der Waals surface area (Å²) in [6, 6.07) is 7.32. The third kappa shape index (κ3) is 2.88. The average molecular weight is 231 g/mol. The van der Waals surface area contributed by atoms with Gasteiger partial charge in [0.15, 0.2) is 0 Å². The molecule has 0 saturated carbocycles. The van der Waals surface area contributed by atoms with Gasteiger partial charge in [0.25, 0.3) is 0 Å². The van der Waals surface area contributed by atoms with Gasteiger partial charge in [-0.1, -0.05) is 24.6 Å². The van der Waals surface area contributed by atoms with E-state index < -0.39 is 0 Å². The Bertz CT molecular complexity index is 344. The van der Waals surface area contributed by atoms with Crippen molar-refractivity contribution in [2.24, 2.45) is 5.73 Å².